The van der Waals surface area contributed by atoms with Gasteiger partial charge in [-0.3, -0.25) is 10.1 Å². The number of nitrogens with one attached hydrogen (secondary N) is 1. The molecule has 2 heterocycles. The molecule has 0 unspecified atom stereocenters. The number of sulfonamides is 1. The number of hydrogen-bond acceptors (Lipinski definition) is 6. The maximum atomic E-state index is 12.6. The van der Waals surface area contributed by atoms with Gasteiger partial charge in [0.05, 0.1) is 22.7 Å². The molecule has 0 radical (unpaired) electrons. The summed E-state index contributed by atoms with van der Waals surface area (Å²) in [5, 5.41) is 5.47. The van der Waals surface area contributed by atoms with Crippen LogP contribution in [0.5, 0.6) is 5.75 Å². The van der Waals surface area contributed by atoms with Gasteiger partial charge in [-0.25, -0.2) is 13.4 Å². The number of methoxy groups -OCH3 is 1. The number of benzene rings is 2. The van der Waals surface area contributed by atoms with Crippen LogP contribution in [0.25, 0.3) is 11.3 Å². The van der Waals surface area contributed by atoms with Crippen LogP contribution in [0, 0.1) is 0 Å². The SMILES string of the molecule is COc1ccc(-c2csc(NC(=O)c3ccc(S(=O)(=O)N4CCCC4)cc3)n2)cc1Cl. The second-order valence-electron chi connectivity index (χ2n) is 6.98. The smallest absolute Gasteiger partial charge is 0.257 e. The molecule has 1 aromatic heterocycles. The van der Waals surface area contributed by atoms with Crippen molar-refractivity contribution in [3.63, 3.8) is 0 Å². The number of aromatic nitrogens is 1. The van der Waals surface area contributed by atoms with Crippen LogP contribution in [-0.2, 0) is 10.0 Å². The van der Waals surface area contributed by atoms with Crippen LogP contribution in [-0.4, -0.2) is 43.8 Å². The van der Waals surface area contributed by atoms with Crippen LogP contribution < -0.4 is 10.1 Å². The largest absolute Gasteiger partial charge is 0.495 e. The standard InChI is InChI=1S/C21H20ClN3O4S2/c1-29-19-9-6-15(12-17(19)22)18-13-30-21(23-18)24-20(26)14-4-7-16(8-5-14)31(27,28)25-10-2-3-11-25/h4-9,12-13H,2-3,10-11H2,1H3,(H,23,24,26). The van der Waals surface area contributed by atoms with Crippen molar-refractivity contribution >= 4 is 44.0 Å². The summed E-state index contributed by atoms with van der Waals surface area (Å²) >= 11 is 7.46. The fraction of sp³-hybridized carbons (Fsp3) is 0.238. The Morgan fingerprint density at radius 2 is 1.87 bits per heavy atom. The molecule has 1 saturated heterocycles. The predicted molar refractivity (Wildman–Crippen MR) is 122 cm³/mol. The molecule has 7 nitrogen and oxygen atoms in total. The van der Waals surface area contributed by atoms with E-state index in [1.54, 1.807) is 19.2 Å². The van der Waals surface area contributed by atoms with Crippen molar-refractivity contribution in [3.8, 4) is 17.0 Å². The third kappa shape index (κ3) is 4.59. The lowest BCUT2D eigenvalue weighted by atomic mass is 10.2. The summed E-state index contributed by atoms with van der Waals surface area (Å²) in [6.07, 6.45) is 1.75. The highest BCUT2D eigenvalue weighted by Crippen LogP contribution is 2.32. The zero-order chi connectivity index (χ0) is 22.0. The number of carbonyl (C=O) groups excluding carboxylic acids is 1. The van der Waals surface area contributed by atoms with Crippen molar-refractivity contribution in [2.45, 2.75) is 17.7 Å². The minimum Gasteiger partial charge on any atom is -0.495 e. The van der Waals surface area contributed by atoms with E-state index >= 15 is 0 Å². The maximum Gasteiger partial charge on any atom is 0.257 e. The van der Waals surface area contributed by atoms with Gasteiger partial charge < -0.3 is 4.74 Å². The van der Waals surface area contributed by atoms with E-state index in [1.807, 2.05) is 11.4 Å². The summed E-state index contributed by atoms with van der Waals surface area (Å²) in [6, 6.07) is 11.3. The average Bonchev–Trinajstić information content (AvgIpc) is 3.46. The Morgan fingerprint density at radius 1 is 1.16 bits per heavy atom. The number of ether oxygens (including phenoxy) is 1. The zero-order valence-electron chi connectivity index (χ0n) is 16.7. The Bertz CT molecular complexity index is 1200. The third-order valence-corrected chi connectivity index (χ3v) is 7.96. The normalized spacial score (nSPS) is 14.5. The Hall–Kier alpha value is -2.46. The second-order valence-corrected chi connectivity index (χ2v) is 10.2. The lowest BCUT2D eigenvalue weighted by Gasteiger charge is -2.15. The van der Waals surface area contributed by atoms with E-state index in [-0.39, 0.29) is 10.8 Å². The van der Waals surface area contributed by atoms with E-state index in [0.29, 0.717) is 40.3 Å². The van der Waals surface area contributed by atoms with Gasteiger partial charge in [-0.15, -0.1) is 11.3 Å². The first-order valence-electron chi connectivity index (χ1n) is 9.59. The summed E-state index contributed by atoms with van der Waals surface area (Å²) in [4.78, 5) is 17.2. The van der Waals surface area contributed by atoms with Crippen LogP contribution in [0.15, 0.2) is 52.7 Å². The number of thiazole rings is 1. The molecule has 2 aromatic carbocycles. The van der Waals surface area contributed by atoms with Gasteiger partial charge in [-0.2, -0.15) is 4.31 Å². The summed E-state index contributed by atoms with van der Waals surface area (Å²) in [6.45, 7) is 1.08. The fourth-order valence-electron chi connectivity index (χ4n) is 3.31. The van der Waals surface area contributed by atoms with Crippen LogP contribution in [0.4, 0.5) is 5.13 Å². The third-order valence-electron chi connectivity index (χ3n) is 4.99. The van der Waals surface area contributed by atoms with Gasteiger partial charge >= 0.3 is 0 Å². The molecule has 0 aliphatic carbocycles. The summed E-state index contributed by atoms with van der Waals surface area (Å²) in [5.74, 6) is 0.211. The molecule has 0 spiro atoms. The summed E-state index contributed by atoms with van der Waals surface area (Å²) < 4.78 is 31.8. The van der Waals surface area contributed by atoms with Crippen molar-refractivity contribution in [2.24, 2.45) is 0 Å². The molecule has 10 heteroatoms. The van der Waals surface area contributed by atoms with Crippen LogP contribution in [0.3, 0.4) is 0 Å². The molecule has 0 atom stereocenters. The van der Waals surface area contributed by atoms with E-state index in [1.165, 1.54) is 39.9 Å². The lowest BCUT2D eigenvalue weighted by molar-refractivity contribution is 0.102. The molecule has 4 rings (SSSR count). The highest BCUT2D eigenvalue weighted by Gasteiger charge is 2.27. The van der Waals surface area contributed by atoms with Gasteiger partial charge in [-0.05, 0) is 55.3 Å². The quantitative estimate of drug-likeness (QED) is 0.564. The Morgan fingerprint density at radius 3 is 2.52 bits per heavy atom. The first-order valence-corrected chi connectivity index (χ1v) is 12.3. The van der Waals surface area contributed by atoms with Crippen LogP contribution in [0.2, 0.25) is 5.02 Å². The zero-order valence-corrected chi connectivity index (χ0v) is 19.1. The molecule has 0 bridgehead atoms. The number of halogens is 1. The van der Waals surface area contributed by atoms with Crippen molar-refractivity contribution in [1.29, 1.82) is 0 Å². The van der Waals surface area contributed by atoms with Gasteiger partial charge in [0.2, 0.25) is 10.0 Å². The number of amides is 1. The highest BCUT2D eigenvalue weighted by atomic mass is 35.5. The summed E-state index contributed by atoms with van der Waals surface area (Å²) in [5.41, 5.74) is 1.83. The van der Waals surface area contributed by atoms with Crippen molar-refractivity contribution in [1.82, 2.24) is 9.29 Å². The van der Waals surface area contributed by atoms with Gasteiger partial charge in [0.25, 0.3) is 5.91 Å². The van der Waals surface area contributed by atoms with E-state index in [2.05, 4.69) is 10.3 Å². The molecule has 1 aliphatic heterocycles. The molecular weight excluding hydrogens is 458 g/mol. The molecule has 162 valence electrons. The Labute approximate surface area is 189 Å². The maximum absolute atomic E-state index is 12.6. The molecule has 0 saturated carbocycles. The highest BCUT2D eigenvalue weighted by molar-refractivity contribution is 7.89. The van der Waals surface area contributed by atoms with Crippen LogP contribution >= 0.6 is 22.9 Å². The first kappa shape index (κ1) is 21.8. The lowest BCUT2D eigenvalue weighted by Crippen LogP contribution is -2.27. The Kier molecular flexibility index (Phi) is 6.29. The predicted octanol–water partition coefficient (Wildman–Crippen LogP) is 4.51. The second kappa shape index (κ2) is 8.96. The number of hydrogen-bond donors (Lipinski definition) is 1. The van der Waals surface area contributed by atoms with E-state index in [9.17, 15) is 13.2 Å². The van der Waals surface area contributed by atoms with Gasteiger partial charge in [0, 0.05) is 29.6 Å². The van der Waals surface area contributed by atoms with Crippen molar-refractivity contribution in [2.75, 3.05) is 25.5 Å². The average molecular weight is 478 g/mol. The fourth-order valence-corrected chi connectivity index (χ4v) is 5.80. The molecule has 1 N–H and O–H groups in total. The molecule has 3 aromatic rings. The topological polar surface area (TPSA) is 88.6 Å². The first-order chi connectivity index (χ1) is 14.9. The molecule has 31 heavy (non-hydrogen) atoms. The monoisotopic (exact) mass is 477 g/mol. The minimum absolute atomic E-state index is 0.193. The molecule has 1 fully saturated rings. The number of carbonyl (C=O) groups is 1. The molecular formula is C21H20ClN3O4S2. The molecule has 1 amide bonds. The van der Waals surface area contributed by atoms with Crippen LogP contribution in [0.1, 0.15) is 23.2 Å². The van der Waals surface area contributed by atoms with Gasteiger partial charge in [-0.1, -0.05) is 11.6 Å². The van der Waals surface area contributed by atoms with E-state index in [0.717, 1.165) is 18.4 Å². The molecule has 1 aliphatic rings. The number of anilines is 1. The van der Waals surface area contributed by atoms with Crippen molar-refractivity contribution < 1.29 is 17.9 Å². The minimum atomic E-state index is -3.50. The number of rotatable bonds is 6. The van der Waals surface area contributed by atoms with E-state index in [4.69, 9.17) is 16.3 Å². The number of nitrogens with zero attached hydrogens (tertiary/aromatic N) is 2. The van der Waals surface area contributed by atoms with Gasteiger partial charge in [0.1, 0.15) is 5.75 Å². The van der Waals surface area contributed by atoms with E-state index < -0.39 is 10.0 Å². The Balaban J connectivity index is 1.46. The van der Waals surface area contributed by atoms with Gasteiger partial charge in [0.15, 0.2) is 5.13 Å². The summed E-state index contributed by atoms with van der Waals surface area (Å²) in [7, 11) is -1.96. The van der Waals surface area contributed by atoms with Crippen molar-refractivity contribution in [3.05, 3.63) is 58.4 Å².